The van der Waals surface area contributed by atoms with E-state index in [9.17, 15) is 9.59 Å². The molecule has 2 rings (SSSR count). The van der Waals surface area contributed by atoms with Crippen molar-refractivity contribution in [1.82, 2.24) is 9.97 Å². The van der Waals surface area contributed by atoms with Crippen LogP contribution in [-0.4, -0.2) is 41.0 Å². The Bertz CT molecular complexity index is 706. The molecule has 2 heterocycles. The summed E-state index contributed by atoms with van der Waals surface area (Å²) < 4.78 is 4.89. The number of nitrogens with zero attached hydrogens (tertiary/aromatic N) is 2. The van der Waals surface area contributed by atoms with Crippen molar-refractivity contribution < 1.29 is 14.3 Å². The van der Waals surface area contributed by atoms with Crippen LogP contribution in [-0.2, 0) is 20.9 Å². The highest BCUT2D eigenvalue weighted by molar-refractivity contribution is 7.19. The molecule has 0 fully saturated rings. The Balaban J connectivity index is 2.18. The molecule has 1 atom stereocenters. The predicted molar refractivity (Wildman–Crippen MR) is 89.9 cm³/mol. The smallest absolute Gasteiger partial charge is 0.320 e. The quantitative estimate of drug-likeness (QED) is 0.483. The SMILES string of the molecule is NCC(=O)OC(CN)C(=O)Nc1sc(-c2cccnc2)nc1CN. The molecule has 1 amide bonds. The van der Waals surface area contributed by atoms with Crippen molar-refractivity contribution in [2.24, 2.45) is 17.2 Å². The van der Waals surface area contributed by atoms with E-state index in [0.29, 0.717) is 15.7 Å². The molecule has 2 aromatic heterocycles. The zero-order valence-electron chi connectivity index (χ0n) is 12.8. The molecule has 9 nitrogen and oxygen atoms in total. The molecule has 0 saturated carbocycles. The zero-order chi connectivity index (χ0) is 17.5. The third kappa shape index (κ3) is 4.32. The summed E-state index contributed by atoms with van der Waals surface area (Å²) in [4.78, 5) is 31.9. The van der Waals surface area contributed by atoms with Crippen LogP contribution in [0.3, 0.4) is 0 Å². The molecule has 24 heavy (non-hydrogen) atoms. The maximum atomic E-state index is 12.2. The lowest BCUT2D eigenvalue weighted by molar-refractivity contribution is -0.152. The number of carbonyl (C=O) groups excluding carboxylic acids is 2. The Morgan fingerprint density at radius 2 is 2.12 bits per heavy atom. The van der Waals surface area contributed by atoms with Crippen LogP contribution in [0.4, 0.5) is 5.00 Å². The van der Waals surface area contributed by atoms with Crippen molar-refractivity contribution in [3.8, 4) is 10.6 Å². The molecule has 2 aromatic rings. The Morgan fingerprint density at radius 3 is 2.71 bits per heavy atom. The van der Waals surface area contributed by atoms with Gasteiger partial charge in [0.1, 0.15) is 10.0 Å². The number of pyridine rings is 1. The lowest BCUT2D eigenvalue weighted by Gasteiger charge is -2.14. The fourth-order valence-corrected chi connectivity index (χ4v) is 2.79. The molecule has 0 radical (unpaired) electrons. The van der Waals surface area contributed by atoms with Gasteiger partial charge in [0, 0.05) is 31.0 Å². The Labute approximate surface area is 142 Å². The first-order valence-electron chi connectivity index (χ1n) is 7.09. The summed E-state index contributed by atoms with van der Waals surface area (Å²) in [5, 5.41) is 3.79. The van der Waals surface area contributed by atoms with Gasteiger partial charge in [0.2, 0.25) is 0 Å². The van der Waals surface area contributed by atoms with Crippen LogP contribution < -0.4 is 22.5 Å². The van der Waals surface area contributed by atoms with Crippen molar-refractivity contribution in [3.63, 3.8) is 0 Å². The molecular formula is C14H18N6O3S. The van der Waals surface area contributed by atoms with E-state index in [1.807, 2.05) is 6.07 Å². The Morgan fingerprint density at radius 1 is 1.33 bits per heavy atom. The fraction of sp³-hybridized carbons (Fsp3) is 0.286. The Hall–Kier alpha value is -2.40. The second-order valence-electron chi connectivity index (χ2n) is 4.65. The molecule has 128 valence electrons. The monoisotopic (exact) mass is 350 g/mol. The van der Waals surface area contributed by atoms with Gasteiger partial charge in [-0.15, -0.1) is 0 Å². The van der Waals surface area contributed by atoms with Crippen LogP contribution in [0.2, 0.25) is 0 Å². The van der Waals surface area contributed by atoms with E-state index >= 15 is 0 Å². The molecule has 0 aliphatic heterocycles. The molecule has 0 aliphatic rings. The highest BCUT2D eigenvalue weighted by Gasteiger charge is 2.23. The van der Waals surface area contributed by atoms with Gasteiger partial charge in [0.05, 0.1) is 12.2 Å². The molecule has 10 heteroatoms. The lowest BCUT2D eigenvalue weighted by atomic mass is 10.3. The van der Waals surface area contributed by atoms with Crippen LogP contribution in [0.15, 0.2) is 24.5 Å². The van der Waals surface area contributed by atoms with Crippen molar-refractivity contribution >= 4 is 28.2 Å². The number of anilines is 1. The first-order valence-corrected chi connectivity index (χ1v) is 7.91. The van der Waals surface area contributed by atoms with E-state index in [1.54, 1.807) is 18.5 Å². The third-order valence-corrected chi connectivity index (χ3v) is 4.04. The van der Waals surface area contributed by atoms with Gasteiger partial charge in [0.15, 0.2) is 6.10 Å². The van der Waals surface area contributed by atoms with Gasteiger partial charge in [-0.2, -0.15) is 0 Å². The molecule has 0 aromatic carbocycles. The summed E-state index contributed by atoms with van der Waals surface area (Å²) in [6.07, 6.45) is 2.19. The number of amides is 1. The van der Waals surface area contributed by atoms with E-state index in [1.165, 1.54) is 11.3 Å². The lowest BCUT2D eigenvalue weighted by Crippen LogP contribution is -2.39. The third-order valence-electron chi connectivity index (χ3n) is 2.98. The van der Waals surface area contributed by atoms with Gasteiger partial charge in [0.25, 0.3) is 5.91 Å². The largest absolute Gasteiger partial charge is 0.450 e. The number of thiazole rings is 1. The normalized spacial score (nSPS) is 11.8. The fourth-order valence-electron chi connectivity index (χ4n) is 1.81. The zero-order valence-corrected chi connectivity index (χ0v) is 13.6. The average Bonchev–Trinajstić information content (AvgIpc) is 3.02. The number of rotatable bonds is 7. The van der Waals surface area contributed by atoms with Crippen LogP contribution in [0.5, 0.6) is 0 Å². The van der Waals surface area contributed by atoms with Crippen LogP contribution >= 0.6 is 11.3 Å². The number of ether oxygens (including phenoxy) is 1. The summed E-state index contributed by atoms with van der Waals surface area (Å²) >= 11 is 1.25. The van der Waals surface area contributed by atoms with Crippen LogP contribution in [0, 0.1) is 0 Å². The second kappa shape index (κ2) is 8.45. The van der Waals surface area contributed by atoms with E-state index in [2.05, 4.69) is 15.3 Å². The minimum atomic E-state index is -1.13. The topological polar surface area (TPSA) is 159 Å². The highest BCUT2D eigenvalue weighted by Crippen LogP contribution is 2.31. The van der Waals surface area contributed by atoms with E-state index in [0.717, 1.165) is 5.56 Å². The summed E-state index contributed by atoms with van der Waals surface area (Å²) in [6, 6.07) is 3.64. The minimum Gasteiger partial charge on any atom is -0.450 e. The molecule has 0 bridgehead atoms. The first-order chi connectivity index (χ1) is 11.6. The van der Waals surface area contributed by atoms with Gasteiger partial charge in [-0.3, -0.25) is 14.6 Å². The maximum Gasteiger partial charge on any atom is 0.320 e. The van der Waals surface area contributed by atoms with Crippen molar-refractivity contribution in [1.29, 1.82) is 0 Å². The van der Waals surface area contributed by atoms with Crippen LogP contribution in [0.1, 0.15) is 5.69 Å². The molecular weight excluding hydrogens is 332 g/mol. The summed E-state index contributed by atoms with van der Waals surface area (Å²) in [7, 11) is 0. The molecule has 1 unspecified atom stereocenters. The van der Waals surface area contributed by atoms with Crippen LogP contribution in [0.25, 0.3) is 10.6 Å². The number of hydrogen-bond donors (Lipinski definition) is 4. The van der Waals surface area contributed by atoms with E-state index < -0.39 is 18.0 Å². The van der Waals surface area contributed by atoms with Crippen molar-refractivity contribution in [3.05, 3.63) is 30.2 Å². The number of esters is 1. The van der Waals surface area contributed by atoms with Gasteiger partial charge < -0.3 is 27.3 Å². The molecule has 0 saturated heterocycles. The highest BCUT2D eigenvalue weighted by atomic mass is 32.1. The summed E-state index contributed by atoms with van der Waals surface area (Å²) in [5.74, 6) is -1.27. The Kier molecular flexibility index (Phi) is 6.32. The van der Waals surface area contributed by atoms with E-state index in [-0.39, 0.29) is 19.6 Å². The van der Waals surface area contributed by atoms with Gasteiger partial charge >= 0.3 is 5.97 Å². The van der Waals surface area contributed by atoms with E-state index in [4.69, 9.17) is 21.9 Å². The molecule has 0 aliphatic carbocycles. The molecule has 0 spiro atoms. The van der Waals surface area contributed by atoms with Crippen molar-refractivity contribution in [2.45, 2.75) is 12.6 Å². The number of carbonyl (C=O) groups is 2. The van der Waals surface area contributed by atoms with Gasteiger partial charge in [-0.1, -0.05) is 11.3 Å². The maximum absolute atomic E-state index is 12.2. The van der Waals surface area contributed by atoms with Crippen molar-refractivity contribution in [2.75, 3.05) is 18.4 Å². The summed E-state index contributed by atoms with van der Waals surface area (Å²) in [6.45, 7) is -0.352. The average molecular weight is 350 g/mol. The minimum absolute atomic E-state index is 0.141. The number of hydrogen-bond acceptors (Lipinski definition) is 9. The van der Waals surface area contributed by atoms with Gasteiger partial charge in [-0.25, -0.2) is 4.98 Å². The first kappa shape index (κ1) is 17.9. The summed E-state index contributed by atoms with van der Waals surface area (Å²) in [5.41, 5.74) is 17.6. The van der Waals surface area contributed by atoms with Gasteiger partial charge in [-0.05, 0) is 12.1 Å². The molecule has 7 N–H and O–H groups in total. The number of nitrogens with two attached hydrogens (primary N) is 3. The number of aromatic nitrogens is 2. The number of nitrogens with one attached hydrogen (secondary N) is 1. The standard InChI is InChI=1S/C14H18N6O3S/c15-4-9-14(20-12(22)10(5-16)23-11(21)6-17)24-13(19-9)8-2-1-3-18-7-8/h1-3,7,10H,4-6,15-17H2,(H,20,22). The second-order valence-corrected chi connectivity index (χ2v) is 5.65. The predicted octanol–water partition coefficient (Wildman–Crippen LogP) is -0.568.